The highest BCUT2D eigenvalue weighted by molar-refractivity contribution is 5.84. The molecule has 5 heteroatoms. The van der Waals surface area contributed by atoms with Gasteiger partial charge in [-0.2, -0.15) is 0 Å². The maximum atomic E-state index is 12.3. The van der Waals surface area contributed by atoms with E-state index in [-0.39, 0.29) is 13.0 Å². The Balaban J connectivity index is 1.59. The van der Waals surface area contributed by atoms with Crippen molar-refractivity contribution < 1.29 is 14.3 Å². The summed E-state index contributed by atoms with van der Waals surface area (Å²) < 4.78 is 5.64. The van der Waals surface area contributed by atoms with Crippen LogP contribution in [0.1, 0.15) is 18.4 Å². The van der Waals surface area contributed by atoms with E-state index in [2.05, 4.69) is 10.3 Å². The van der Waals surface area contributed by atoms with Crippen molar-refractivity contribution in [2.45, 2.75) is 25.5 Å². The lowest BCUT2D eigenvalue weighted by Gasteiger charge is -2.22. The van der Waals surface area contributed by atoms with Gasteiger partial charge in [-0.05, 0) is 12.5 Å². The van der Waals surface area contributed by atoms with Gasteiger partial charge in [0.15, 0.2) is 5.76 Å². The molecule has 128 valence electrons. The molecule has 1 atom stereocenters. The summed E-state index contributed by atoms with van der Waals surface area (Å²) in [7, 11) is 0. The van der Waals surface area contributed by atoms with E-state index in [1.165, 1.54) is 6.92 Å². The Morgan fingerprint density at radius 1 is 1.12 bits per heavy atom. The summed E-state index contributed by atoms with van der Waals surface area (Å²) in [5.41, 5.74) is 0.310. The van der Waals surface area contributed by atoms with Crippen LogP contribution in [0, 0.1) is 0 Å². The standard InChI is InChI=1S/C20H20N2O3/c1-20(24,12-15-8-4-2-5-9-15)19(23)22-14-18-21-13-17(25-18)16-10-6-3-7-11-16/h2-11,13,24H,12,14H2,1H3,(H,22,23)/t20-/m1/s1. The smallest absolute Gasteiger partial charge is 0.252 e. The fourth-order valence-corrected chi connectivity index (χ4v) is 2.55. The van der Waals surface area contributed by atoms with Crippen LogP contribution in [-0.4, -0.2) is 21.6 Å². The van der Waals surface area contributed by atoms with E-state index >= 15 is 0 Å². The van der Waals surface area contributed by atoms with Crippen LogP contribution in [0.15, 0.2) is 71.3 Å². The third-order valence-corrected chi connectivity index (χ3v) is 3.89. The number of hydrogen-bond donors (Lipinski definition) is 2. The Morgan fingerprint density at radius 3 is 2.44 bits per heavy atom. The Bertz CT molecular complexity index is 826. The SMILES string of the molecule is C[C@@](O)(Cc1ccccc1)C(=O)NCc1ncc(-c2ccccc2)o1. The number of aliphatic hydroxyl groups is 1. The molecule has 1 heterocycles. The largest absolute Gasteiger partial charge is 0.439 e. The number of nitrogens with zero attached hydrogens (tertiary/aromatic N) is 1. The Labute approximate surface area is 146 Å². The molecule has 0 saturated carbocycles. The molecule has 1 amide bonds. The fourth-order valence-electron chi connectivity index (χ4n) is 2.55. The summed E-state index contributed by atoms with van der Waals surface area (Å²) in [6.45, 7) is 1.62. The third kappa shape index (κ3) is 4.33. The van der Waals surface area contributed by atoms with Gasteiger partial charge in [0, 0.05) is 12.0 Å². The maximum absolute atomic E-state index is 12.3. The molecular weight excluding hydrogens is 316 g/mol. The van der Waals surface area contributed by atoms with Gasteiger partial charge < -0.3 is 14.8 Å². The number of carbonyl (C=O) groups is 1. The van der Waals surface area contributed by atoms with Crippen LogP contribution in [-0.2, 0) is 17.8 Å². The number of benzene rings is 2. The van der Waals surface area contributed by atoms with Crippen molar-refractivity contribution in [3.05, 3.63) is 78.3 Å². The Morgan fingerprint density at radius 2 is 1.76 bits per heavy atom. The van der Waals surface area contributed by atoms with Gasteiger partial charge in [-0.25, -0.2) is 4.98 Å². The van der Waals surface area contributed by atoms with Gasteiger partial charge in [0.05, 0.1) is 12.7 Å². The molecule has 0 bridgehead atoms. The van der Waals surface area contributed by atoms with Crippen molar-refractivity contribution in [1.29, 1.82) is 0 Å². The minimum atomic E-state index is -1.50. The van der Waals surface area contributed by atoms with Crippen molar-refractivity contribution >= 4 is 5.91 Å². The number of hydrogen-bond acceptors (Lipinski definition) is 4. The third-order valence-electron chi connectivity index (χ3n) is 3.89. The van der Waals surface area contributed by atoms with Gasteiger partial charge in [0.2, 0.25) is 5.89 Å². The van der Waals surface area contributed by atoms with Crippen molar-refractivity contribution in [2.75, 3.05) is 0 Å². The molecule has 0 spiro atoms. The molecule has 3 rings (SSSR count). The van der Waals surface area contributed by atoms with Gasteiger partial charge in [0.1, 0.15) is 5.60 Å². The van der Waals surface area contributed by atoms with Gasteiger partial charge in [-0.1, -0.05) is 60.7 Å². The lowest BCUT2D eigenvalue weighted by atomic mass is 9.96. The average Bonchev–Trinajstić information content (AvgIpc) is 3.10. The van der Waals surface area contributed by atoms with Crippen LogP contribution in [0.25, 0.3) is 11.3 Å². The van der Waals surface area contributed by atoms with E-state index < -0.39 is 11.5 Å². The van der Waals surface area contributed by atoms with E-state index in [1.54, 1.807) is 6.20 Å². The first-order chi connectivity index (χ1) is 12.0. The molecule has 0 saturated heterocycles. The summed E-state index contributed by atoms with van der Waals surface area (Å²) in [5, 5.41) is 13.1. The van der Waals surface area contributed by atoms with E-state index in [4.69, 9.17) is 4.42 Å². The molecular formula is C20H20N2O3. The highest BCUT2D eigenvalue weighted by Crippen LogP contribution is 2.20. The summed E-state index contributed by atoms with van der Waals surface area (Å²) >= 11 is 0. The summed E-state index contributed by atoms with van der Waals surface area (Å²) in [5.74, 6) is 0.569. The molecule has 0 radical (unpaired) electrons. The summed E-state index contributed by atoms with van der Waals surface area (Å²) in [4.78, 5) is 16.5. The molecule has 0 aliphatic carbocycles. The molecule has 3 aromatic rings. The van der Waals surface area contributed by atoms with Crippen LogP contribution in [0.5, 0.6) is 0 Å². The van der Waals surface area contributed by atoms with Gasteiger partial charge in [-0.3, -0.25) is 4.79 Å². The molecule has 2 N–H and O–H groups in total. The van der Waals surface area contributed by atoms with Crippen LogP contribution >= 0.6 is 0 Å². The van der Waals surface area contributed by atoms with Crippen molar-refractivity contribution in [3.8, 4) is 11.3 Å². The van der Waals surface area contributed by atoms with Crippen LogP contribution in [0.3, 0.4) is 0 Å². The second-order valence-electron chi connectivity index (χ2n) is 6.10. The molecule has 5 nitrogen and oxygen atoms in total. The Hall–Kier alpha value is -2.92. The van der Waals surface area contributed by atoms with Gasteiger partial charge >= 0.3 is 0 Å². The monoisotopic (exact) mass is 336 g/mol. The minimum absolute atomic E-state index is 0.122. The van der Waals surface area contributed by atoms with Crippen molar-refractivity contribution in [3.63, 3.8) is 0 Å². The van der Waals surface area contributed by atoms with Crippen LogP contribution in [0.4, 0.5) is 0 Å². The van der Waals surface area contributed by atoms with E-state index in [1.807, 2.05) is 60.7 Å². The molecule has 1 aromatic heterocycles. The zero-order valence-electron chi connectivity index (χ0n) is 14.0. The number of rotatable bonds is 6. The first-order valence-electron chi connectivity index (χ1n) is 8.09. The van der Waals surface area contributed by atoms with E-state index in [0.717, 1.165) is 11.1 Å². The maximum Gasteiger partial charge on any atom is 0.252 e. The second-order valence-corrected chi connectivity index (χ2v) is 6.10. The Kier molecular flexibility index (Phi) is 4.95. The van der Waals surface area contributed by atoms with Gasteiger partial charge in [0.25, 0.3) is 5.91 Å². The number of oxazole rings is 1. The highest BCUT2D eigenvalue weighted by Gasteiger charge is 2.30. The lowest BCUT2D eigenvalue weighted by Crippen LogP contribution is -2.45. The summed E-state index contributed by atoms with van der Waals surface area (Å²) in [6, 6.07) is 19.0. The first-order valence-corrected chi connectivity index (χ1v) is 8.09. The summed E-state index contributed by atoms with van der Waals surface area (Å²) in [6.07, 6.45) is 1.86. The predicted molar refractivity (Wildman–Crippen MR) is 94.6 cm³/mol. The number of nitrogens with one attached hydrogen (secondary N) is 1. The zero-order chi connectivity index (χ0) is 17.7. The second kappa shape index (κ2) is 7.32. The molecule has 0 fully saturated rings. The molecule has 0 unspecified atom stereocenters. The highest BCUT2D eigenvalue weighted by atomic mass is 16.4. The molecule has 0 aliphatic heterocycles. The number of aromatic nitrogens is 1. The molecule has 0 aliphatic rings. The quantitative estimate of drug-likeness (QED) is 0.726. The van der Waals surface area contributed by atoms with Crippen molar-refractivity contribution in [1.82, 2.24) is 10.3 Å². The zero-order valence-corrected chi connectivity index (χ0v) is 14.0. The van der Waals surface area contributed by atoms with E-state index in [0.29, 0.717) is 11.7 Å². The normalized spacial score (nSPS) is 13.2. The molecule has 25 heavy (non-hydrogen) atoms. The number of amides is 1. The topological polar surface area (TPSA) is 75.4 Å². The van der Waals surface area contributed by atoms with Crippen molar-refractivity contribution in [2.24, 2.45) is 0 Å². The molecule has 2 aromatic carbocycles. The number of carbonyl (C=O) groups excluding carboxylic acids is 1. The average molecular weight is 336 g/mol. The van der Waals surface area contributed by atoms with Crippen LogP contribution in [0.2, 0.25) is 0 Å². The van der Waals surface area contributed by atoms with Gasteiger partial charge in [-0.15, -0.1) is 0 Å². The first kappa shape index (κ1) is 16.9. The van der Waals surface area contributed by atoms with Crippen LogP contribution < -0.4 is 5.32 Å². The lowest BCUT2D eigenvalue weighted by molar-refractivity contribution is -0.138. The van der Waals surface area contributed by atoms with E-state index in [9.17, 15) is 9.90 Å². The predicted octanol–water partition coefficient (Wildman–Crippen LogP) is 2.95. The minimum Gasteiger partial charge on any atom is -0.439 e. The fraction of sp³-hybridized carbons (Fsp3) is 0.200.